The molecule has 0 radical (unpaired) electrons. The van der Waals surface area contributed by atoms with Gasteiger partial charge in [-0.25, -0.2) is 4.39 Å². The van der Waals surface area contributed by atoms with Crippen LogP contribution in [0.1, 0.15) is 28.4 Å². The summed E-state index contributed by atoms with van der Waals surface area (Å²) in [5.74, 6) is -0.625. The van der Waals surface area contributed by atoms with Crippen molar-refractivity contribution < 1.29 is 9.18 Å². The zero-order chi connectivity index (χ0) is 16.1. The summed E-state index contributed by atoms with van der Waals surface area (Å²) in [4.78, 5) is 14.0. The maximum Gasteiger partial charge on any atom is 0.254 e. The summed E-state index contributed by atoms with van der Waals surface area (Å²) in [6.07, 6.45) is 0. The molecule has 0 aliphatic heterocycles. The highest BCUT2D eigenvalue weighted by atomic mass is 79.9. The molecule has 2 rings (SSSR count). The minimum atomic E-state index is -0.471. The third kappa shape index (κ3) is 3.71. The molecule has 0 atom stereocenters. The maximum absolute atomic E-state index is 14.0. The molecule has 22 heavy (non-hydrogen) atoms. The van der Waals surface area contributed by atoms with Gasteiger partial charge in [0.1, 0.15) is 5.82 Å². The van der Waals surface area contributed by atoms with Crippen LogP contribution in [0.2, 0.25) is 0 Å². The Balaban J connectivity index is 2.20. The molecule has 5 heteroatoms. The molecule has 112 valence electrons. The van der Waals surface area contributed by atoms with Gasteiger partial charge in [-0.3, -0.25) is 4.79 Å². The molecule has 0 saturated heterocycles. The Morgan fingerprint density at radius 1 is 1.27 bits per heavy atom. The topological polar surface area (TPSA) is 44.1 Å². The number of nitrogens with zero attached hydrogens (tertiary/aromatic N) is 2. The van der Waals surface area contributed by atoms with Crippen molar-refractivity contribution in [2.24, 2.45) is 0 Å². The number of amides is 1. The lowest BCUT2D eigenvalue weighted by Gasteiger charge is -2.21. The average molecular weight is 361 g/mol. The van der Waals surface area contributed by atoms with E-state index in [-0.39, 0.29) is 18.0 Å². The van der Waals surface area contributed by atoms with Gasteiger partial charge in [-0.05, 0) is 43.3 Å². The third-order valence-electron chi connectivity index (χ3n) is 3.30. The second-order valence-electron chi connectivity index (χ2n) is 4.74. The Hall–Kier alpha value is -2.19. The van der Waals surface area contributed by atoms with Crippen LogP contribution in [-0.2, 0) is 6.54 Å². The van der Waals surface area contributed by atoms with Crippen LogP contribution < -0.4 is 0 Å². The summed E-state index contributed by atoms with van der Waals surface area (Å²) in [5, 5.41) is 8.76. The van der Waals surface area contributed by atoms with Gasteiger partial charge in [0.15, 0.2) is 0 Å². The van der Waals surface area contributed by atoms with Gasteiger partial charge in [0, 0.05) is 28.7 Å². The zero-order valence-electron chi connectivity index (χ0n) is 12.0. The van der Waals surface area contributed by atoms with Crippen molar-refractivity contribution in [3.8, 4) is 6.07 Å². The number of hydrogen-bond donors (Lipinski definition) is 0. The lowest BCUT2D eigenvalue weighted by molar-refractivity contribution is 0.0751. The van der Waals surface area contributed by atoms with Crippen molar-refractivity contribution >= 4 is 21.8 Å². The molecule has 0 N–H and O–H groups in total. The number of halogens is 2. The number of rotatable bonds is 4. The van der Waals surface area contributed by atoms with Gasteiger partial charge >= 0.3 is 0 Å². The molecule has 1 amide bonds. The van der Waals surface area contributed by atoms with Gasteiger partial charge < -0.3 is 4.90 Å². The standard InChI is InChI=1S/C17H14BrFN2O/c1-2-21(17(22)13-5-7-15(18)8-6-13)11-14-4-3-12(10-20)9-16(14)19/h3-9H,2,11H2,1H3. The monoisotopic (exact) mass is 360 g/mol. The minimum absolute atomic E-state index is 0.154. The minimum Gasteiger partial charge on any atom is -0.334 e. The quantitative estimate of drug-likeness (QED) is 0.822. The van der Waals surface area contributed by atoms with Gasteiger partial charge in [0.25, 0.3) is 5.91 Å². The summed E-state index contributed by atoms with van der Waals surface area (Å²) in [7, 11) is 0. The maximum atomic E-state index is 14.0. The molecule has 0 unspecified atom stereocenters. The van der Waals surface area contributed by atoms with Crippen molar-refractivity contribution in [3.63, 3.8) is 0 Å². The fourth-order valence-electron chi connectivity index (χ4n) is 2.05. The molecule has 0 bridgehead atoms. The predicted molar refractivity (Wildman–Crippen MR) is 85.7 cm³/mol. The predicted octanol–water partition coefficient (Wildman–Crippen LogP) is 4.12. The van der Waals surface area contributed by atoms with Crippen LogP contribution in [-0.4, -0.2) is 17.4 Å². The van der Waals surface area contributed by atoms with Crippen LogP contribution in [0.4, 0.5) is 4.39 Å². The Bertz CT molecular complexity index is 722. The first-order valence-electron chi connectivity index (χ1n) is 6.78. The summed E-state index contributed by atoms with van der Waals surface area (Å²) in [6, 6.07) is 13.2. The second kappa shape index (κ2) is 7.19. The normalized spacial score (nSPS) is 10.1. The highest BCUT2D eigenvalue weighted by molar-refractivity contribution is 9.10. The second-order valence-corrected chi connectivity index (χ2v) is 5.66. The van der Waals surface area contributed by atoms with Crippen LogP contribution in [0.25, 0.3) is 0 Å². The molecule has 0 fully saturated rings. The molecule has 2 aromatic rings. The van der Waals surface area contributed by atoms with E-state index in [1.807, 2.05) is 13.0 Å². The van der Waals surface area contributed by atoms with Gasteiger partial charge in [-0.2, -0.15) is 5.26 Å². The summed E-state index contributed by atoms with van der Waals surface area (Å²) in [6.45, 7) is 2.48. The van der Waals surface area contributed by atoms with E-state index in [4.69, 9.17) is 5.26 Å². The molecular weight excluding hydrogens is 347 g/mol. The van der Waals surface area contributed by atoms with Gasteiger partial charge in [0.2, 0.25) is 0 Å². The van der Waals surface area contributed by atoms with Crippen LogP contribution in [0.5, 0.6) is 0 Å². The smallest absolute Gasteiger partial charge is 0.254 e. The molecule has 0 aromatic heterocycles. The van der Waals surface area contributed by atoms with E-state index in [0.29, 0.717) is 17.7 Å². The number of nitriles is 1. The van der Waals surface area contributed by atoms with Crippen LogP contribution >= 0.6 is 15.9 Å². The average Bonchev–Trinajstić information content (AvgIpc) is 2.53. The fraction of sp³-hybridized carbons (Fsp3) is 0.176. The Labute approximate surface area is 137 Å². The number of benzene rings is 2. The first-order chi connectivity index (χ1) is 10.5. The highest BCUT2D eigenvalue weighted by Gasteiger charge is 2.16. The molecule has 0 saturated carbocycles. The van der Waals surface area contributed by atoms with Gasteiger partial charge in [-0.15, -0.1) is 0 Å². The number of hydrogen-bond acceptors (Lipinski definition) is 2. The lowest BCUT2D eigenvalue weighted by atomic mass is 10.1. The first kappa shape index (κ1) is 16.2. The lowest BCUT2D eigenvalue weighted by Crippen LogP contribution is -2.30. The van der Waals surface area contributed by atoms with E-state index in [2.05, 4.69) is 15.9 Å². The van der Waals surface area contributed by atoms with Gasteiger partial charge in [-0.1, -0.05) is 22.0 Å². The van der Waals surface area contributed by atoms with Crippen LogP contribution in [0.3, 0.4) is 0 Å². The van der Waals surface area contributed by atoms with E-state index in [9.17, 15) is 9.18 Å². The van der Waals surface area contributed by atoms with E-state index in [0.717, 1.165) is 4.47 Å². The van der Waals surface area contributed by atoms with Crippen molar-refractivity contribution in [1.29, 1.82) is 5.26 Å². The van der Waals surface area contributed by atoms with E-state index >= 15 is 0 Å². The fourth-order valence-corrected chi connectivity index (χ4v) is 2.32. The molecule has 2 aromatic carbocycles. The molecule has 0 spiro atoms. The highest BCUT2D eigenvalue weighted by Crippen LogP contribution is 2.16. The summed E-state index contributed by atoms with van der Waals surface area (Å²) < 4.78 is 14.9. The van der Waals surface area contributed by atoms with Gasteiger partial charge in [0.05, 0.1) is 11.6 Å². The summed E-state index contributed by atoms with van der Waals surface area (Å²) >= 11 is 3.32. The van der Waals surface area contributed by atoms with Crippen molar-refractivity contribution in [3.05, 3.63) is 69.4 Å². The van der Waals surface area contributed by atoms with E-state index < -0.39 is 5.82 Å². The van der Waals surface area contributed by atoms with Crippen LogP contribution in [0.15, 0.2) is 46.9 Å². The zero-order valence-corrected chi connectivity index (χ0v) is 13.6. The molecule has 0 heterocycles. The van der Waals surface area contributed by atoms with E-state index in [1.54, 1.807) is 41.3 Å². The first-order valence-corrected chi connectivity index (χ1v) is 7.57. The molecule has 0 aliphatic carbocycles. The Morgan fingerprint density at radius 2 is 1.95 bits per heavy atom. The number of carbonyl (C=O) groups excluding carboxylic acids is 1. The van der Waals surface area contributed by atoms with Crippen molar-refractivity contribution in [1.82, 2.24) is 4.90 Å². The van der Waals surface area contributed by atoms with Crippen molar-refractivity contribution in [2.75, 3.05) is 6.54 Å². The number of carbonyl (C=O) groups is 1. The molecule has 0 aliphatic rings. The third-order valence-corrected chi connectivity index (χ3v) is 3.83. The summed E-state index contributed by atoms with van der Waals surface area (Å²) in [5.41, 5.74) is 1.22. The molecule has 3 nitrogen and oxygen atoms in total. The largest absolute Gasteiger partial charge is 0.334 e. The molecular formula is C17H14BrFN2O. The van der Waals surface area contributed by atoms with Crippen molar-refractivity contribution in [2.45, 2.75) is 13.5 Å². The SMILES string of the molecule is CCN(Cc1ccc(C#N)cc1F)C(=O)c1ccc(Br)cc1. The van der Waals surface area contributed by atoms with E-state index in [1.165, 1.54) is 6.07 Å². The van der Waals surface area contributed by atoms with Crippen LogP contribution in [0, 0.1) is 17.1 Å². The Kier molecular flexibility index (Phi) is 5.29. The Morgan fingerprint density at radius 3 is 2.50 bits per heavy atom.